The van der Waals surface area contributed by atoms with Crippen LogP contribution in [0.3, 0.4) is 0 Å². The summed E-state index contributed by atoms with van der Waals surface area (Å²) in [6, 6.07) is 27.4. The molecule has 1 unspecified atom stereocenters. The highest BCUT2D eigenvalue weighted by Gasteiger charge is 2.14. The van der Waals surface area contributed by atoms with Gasteiger partial charge in [-0.25, -0.2) is 4.98 Å². The Morgan fingerprint density at radius 1 is 0.889 bits per heavy atom. The second-order valence-corrected chi connectivity index (χ2v) is 6.30. The number of nitrogens with one attached hydrogen (secondary N) is 1. The lowest BCUT2D eigenvalue weighted by molar-refractivity contribution is 0.211. The number of ether oxygens (including phenoxy) is 1. The highest BCUT2D eigenvalue weighted by molar-refractivity contribution is 5.60. The van der Waals surface area contributed by atoms with Crippen LogP contribution in [0.5, 0.6) is 5.75 Å². The summed E-state index contributed by atoms with van der Waals surface area (Å²) in [5.74, 6) is 1.31. The minimum atomic E-state index is -0.780. The van der Waals surface area contributed by atoms with Gasteiger partial charge >= 0.3 is 0 Å². The van der Waals surface area contributed by atoms with Gasteiger partial charge in [-0.05, 0) is 23.3 Å². The van der Waals surface area contributed by atoms with Crippen molar-refractivity contribution in [2.75, 3.05) is 0 Å². The van der Waals surface area contributed by atoms with Gasteiger partial charge in [0.25, 0.3) is 0 Å². The molecule has 3 aromatic carbocycles. The lowest BCUT2D eigenvalue weighted by Crippen LogP contribution is -2.01. The number of hydrogen-bond donors (Lipinski definition) is 2. The van der Waals surface area contributed by atoms with Gasteiger partial charge in [0.1, 0.15) is 24.3 Å². The van der Waals surface area contributed by atoms with Crippen molar-refractivity contribution in [1.29, 1.82) is 0 Å². The summed E-state index contributed by atoms with van der Waals surface area (Å²) in [7, 11) is 0. The number of rotatable bonds is 6. The van der Waals surface area contributed by atoms with Crippen LogP contribution in [-0.2, 0) is 6.61 Å². The van der Waals surface area contributed by atoms with Crippen LogP contribution >= 0.6 is 0 Å². The third-order valence-corrected chi connectivity index (χ3v) is 4.36. The molecule has 4 rings (SSSR count). The van der Waals surface area contributed by atoms with Gasteiger partial charge in [0, 0.05) is 5.56 Å². The van der Waals surface area contributed by atoms with Gasteiger partial charge in [-0.2, -0.15) is 0 Å². The molecule has 0 saturated carbocycles. The summed E-state index contributed by atoms with van der Waals surface area (Å²) in [4.78, 5) is 7.56. The van der Waals surface area contributed by atoms with E-state index in [1.54, 1.807) is 6.20 Å². The maximum atomic E-state index is 10.5. The Balaban J connectivity index is 1.50. The quantitative estimate of drug-likeness (QED) is 0.525. The predicted octanol–water partition coefficient (Wildman–Crippen LogP) is 4.74. The Morgan fingerprint density at radius 2 is 1.63 bits per heavy atom. The second kappa shape index (κ2) is 7.89. The first-order valence-corrected chi connectivity index (χ1v) is 8.85. The van der Waals surface area contributed by atoms with Crippen molar-refractivity contribution in [2.45, 2.75) is 12.7 Å². The monoisotopic (exact) mass is 356 g/mol. The molecule has 0 aliphatic rings. The first-order chi connectivity index (χ1) is 13.3. The van der Waals surface area contributed by atoms with Crippen molar-refractivity contribution in [1.82, 2.24) is 9.97 Å². The molecule has 0 aliphatic carbocycles. The Hall–Kier alpha value is -3.37. The third kappa shape index (κ3) is 4.07. The number of aromatic nitrogens is 2. The van der Waals surface area contributed by atoms with Crippen molar-refractivity contribution >= 4 is 0 Å². The molecule has 1 atom stereocenters. The van der Waals surface area contributed by atoms with Gasteiger partial charge in [0.05, 0.1) is 11.9 Å². The van der Waals surface area contributed by atoms with Crippen LogP contribution in [0, 0.1) is 0 Å². The Kier molecular flexibility index (Phi) is 4.99. The molecular formula is C23H20N2O2. The maximum absolute atomic E-state index is 10.5. The van der Waals surface area contributed by atoms with E-state index in [9.17, 15) is 5.11 Å². The zero-order valence-corrected chi connectivity index (χ0v) is 14.7. The highest BCUT2D eigenvalue weighted by Crippen LogP contribution is 2.26. The average molecular weight is 356 g/mol. The fourth-order valence-electron chi connectivity index (χ4n) is 2.91. The zero-order chi connectivity index (χ0) is 18.5. The van der Waals surface area contributed by atoms with Crippen LogP contribution in [0.15, 0.2) is 91.1 Å². The summed E-state index contributed by atoms with van der Waals surface area (Å²) >= 11 is 0. The van der Waals surface area contributed by atoms with Crippen LogP contribution in [-0.4, -0.2) is 15.1 Å². The van der Waals surface area contributed by atoms with Crippen LogP contribution in [0.4, 0.5) is 0 Å². The lowest BCUT2D eigenvalue weighted by Gasteiger charge is -2.08. The van der Waals surface area contributed by atoms with Gasteiger partial charge in [0.15, 0.2) is 0 Å². The number of aliphatic hydroxyl groups excluding tert-OH is 1. The van der Waals surface area contributed by atoms with E-state index in [1.807, 2.05) is 84.9 Å². The smallest absolute Gasteiger partial charge is 0.140 e. The molecule has 4 aromatic rings. The highest BCUT2D eigenvalue weighted by atomic mass is 16.5. The van der Waals surface area contributed by atoms with E-state index < -0.39 is 6.10 Å². The van der Waals surface area contributed by atoms with Crippen LogP contribution in [0.1, 0.15) is 23.1 Å². The number of aromatic amines is 1. The van der Waals surface area contributed by atoms with E-state index in [2.05, 4.69) is 9.97 Å². The van der Waals surface area contributed by atoms with Gasteiger partial charge in [-0.1, -0.05) is 72.8 Å². The topological polar surface area (TPSA) is 58.1 Å². The van der Waals surface area contributed by atoms with E-state index >= 15 is 0 Å². The number of benzene rings is 3. The fourth-order valence-corrected chi connectivity index (χ4v) is 2.91. The first-order valence-electron chi connectivity index (χ1n) is 8.85. The van der Waals surface area contributed by atoms with Crippen molar-refractivity contribution in [3.05, 3.63) is 108 Å². The SMILES string of the molecule is OC(c1ccccc1)c1ncc(-c2cccc(OCc3ccccc3)c2)[nH]1. The molecule has 0 aliphatic heterocycles. The van der Waals surface area contributed by atoms with E-state index in [4.69, 9.17) is 4.74 Å². The molecule has 4 nitrogen and oxygen atoms in total. The number of imidazole rings is 1. The second-order valence-electron chi connectivity index (χ2n) is 6.30. The molecule has 0 spiro atoms. The van der Waals surface area contributed by atoms with E-state index in [0.29, 0.717) is 12.4 Å². The normalized spacial score (nSPS) is 11.9. The minimum absolute atomic E-state index is 0.519. The van der Waals surface area contributed by atoms with Gasteiger partial charge in [-0.15, -0.1) is 0 Å². The van der Waals surface area contributed by atoms with E-state index in [1.165, 1.54) is 0 Å². The van der Waals surface area contributed by atoms with Crippen molar-refractivity contribution in [2.24, 2.45) is 0 Å². The summed E-state index contributed by atoms with van der Waals surface area (Å²) in [5.41, 5.74) is 3.72. The largest absolute Gasteiger partial charge is 0.489 e. The van der Waals surface area contributed by atoms with Crippen molar-refractivity contribution in [3.8, 4) is 17.0 Å². The molecule has 4 heteroatoms. The van der Waals surface area contributed by atoms with Crippen LogP contribution in [0.2, 0.25) is 0 Å². The summed E-state index contributed by atoms with van der Waals surface area (Å²) in [5, 5.41) is 10.5. The molecule has 27 heavy (non-hydrogen) atoms. The fraction of sp³-hybridized carbons (Fsp3) is 0.0870. The van der Waals surface area contributed by atoms with E-state index in [-0.39, 0.29) is 0 Å². The molecule has 1 heterocycles. The molecule has 134 valence electrons. The van der Waals surface area contributed by atoms with Gasteiger partial charge < -0.3 is 14.8 Å². The zero-order valence-electron chi connectivity index (χ0n) is 14.7. The number of nitrogens with zero attached hydrogens (tertiary/aromatic N) is 1. The van der Waals surface area contributed by atoms with Crippen molar-refractivity contribution < 1.29 is 9.84 Å². The number of hydrogen-bond acceptors (Lipinski definition) is 3. The first kappa shape index (κ1) is 17.1. The molecule has 0 bridgehead atoms. The maximum Gasteiger partial charge on any atom is 0.140 e. The van der Waals surface area contributed by atoms with Crippen LogP contribution in [0.25, 0.3) is 11.3 Å². The van der Waals surface area contributed by atoms with E-state index in [0.717, 1.165) is 28.1 Å². The Labute approximate surface area is 158 Å². The molecular weight excluding hydrogens is 336 g/mol. The average Bonchev–Trinajstić information content (AvgIpc) is 3.24. The molecule has 0 amide bonds. The standard InChI is InChI=1S/C23H20N2O2/c26-22(18-10-5-2-6-11-18)23-24-15-21(25-23)19-12-7-13-20(14-19)27-16-17-8-3-1-4-9-17/h1-15,22,26H,16H2,(H,24,25). The van der Waals surface area contributed by atoms with Gasteiger partial charge in [-0.3, -0.25) is 0 Å². The Morgan fingerprint density at radius 3 is 2.41 bits per heavy atom. The number of H-pyrrole nitrogens is 1. The number of aliphatic hydroxyl groups is 1. The molecule has 0 radical (unpaired) electrons. The van der Waals surface area contributed by atoms with Crippen molar-refractivity contribution in [3.63, 3.8) is 0 Å². The minimum Gasteiger partial charge on any atom is -0.489 e. The molecule has 2 N–H and O–H groups in total. The van der Waals surface area contributed by atoms with Gasteiger partial charge in [0.2, 0.25) is 0 Å². The lowest BCUT2D eigenvalue weighted by atomic mass is 10.1. The van der Waals surface area contributed by atoms with Crippen LogP contribution < -0.4 is 4.74 Å². The molecule has 0 saturated heterocycles. The summed E-state index contributed by atoms with van der Waals surface area (Å²) in [6.07, 6.45) is 0.954. The Bertz CT molecular complexity index is 997. The summed E-state index contributed by atoms with van der Waals surface area (Å²) < 4.78 is 5.89. The third-order valence-electron chi connectivity index (χ3n) is 4.36. The molecule has 1 aromatic heterocycles. The summed E-state index contributed by atoms with van der Waals surface area (Å²) in [6.45, 7) is 0.519. The molecule has 0 fully saturated rings. The predicted molar refractivity (Wildman–Crippen MR) is 105 cm³/mol.